The molecule has 0 bridgehead atoms. The average molecular weight is 606 g/mol. The second kappa shape index (κ2) is 12.8. The van der Waals surface area contributed by atoms with Crippen LogP contribution in [-0.2, 0) is 29.1 Å². The molecule has 41 heavy (non-hydrogen) atoms. The van der Waals surface area contributed by atoms with E-state index in [-0.39, 0.29) is 24.8 Å². The maximum absolute atomic E-state index is 14.6. The third kappa shape index (κ3) is 5.66. The van der Waals surface area contributed by atoms with Crippen molar-refractivity contribution < 1.29 is 23.5 Å². The quantitative estimate of drug-likeness (QED) is 0.199. The molecule has 3 aliphatic heterocycles. The molecule has 2 amide bonds. The SMILES string of the molecule is C=CCOC(=O)[C@@H]1C[C@@]2(O[Si](CC)(CC)CC)c3ccc(Cl)cc3N[C@H]2N1C(=O)[C@H]1CCCNN1C(=O)[C@H](C)NC. The van der Waals surface area contributed by atoms with Gasteiger partial charge in [-0.25, -0.2) is 10.2 Å². The fourth-order valence-corrected chi connectivity index (χ4v) is 9.60. The Balaban J connectivity index is 1.83. The van der Waals surface area contributed by atoms with Gasteiger partial charge in [-0.05, 0) is 57.1 Å². The van der Waals surface area contributed by atoms with Crippen LogP contribution in [0.2, 0.25) is 23.2 Å². The lowest BCUT2D eigenvalue weighted by molar-refractivity contribution is -0.160. The Morgan fingerprint density at radius 3 is 2.59 bits per heavy atom. The Morgan fingerprint density at radius 1 is 1.24 bits per heavy atom. The summed E-state index contributed by atoms with van der Waals surface area (Å²) in [6.07, 6.45) is 2.24. The molecule has 1 aromatic carbocycles. The van der Waals surface area contributed by atoms with Gasteiger partial charge in [-0.2, -0.15) is 0 Å². The number of carbonyl (C=O) groups is 3. The van der Waals surface area contributed by atoms with Gasteiger partial charge in [0.05, 0.1) is 6.04 Å². The van der Waals surface area contributed by atoms with Crippen LogP contribution in [-0.4, -0.2) is 80.5 Å². The number of esters is 1. The van der Waals surface area contributed by atoms with E-state index in [4.69, 9.17) is 20.8 Å². The van der Waals surface area contributed by atoms with Gasteiger partial charge in [-0.15, -0.1) is 0 Å². The number of benzene rings is 1. The van der Waals surface area contributed by atoms with E-state index in [1.807, 2.05) is 18.2 Å². The van der Waals surface area contributed by atoms with Crippen LogP contribution in [0.3, 0.4) is 0 Å². The first-order valence-corrected chi connectivity index (χ1v) is 17.6. The van der Waals surface area contributed by atoms with Crippen molar-refractivity contribution in [3.05, 3.63) is 41.4 Å². The summed E-state index contributed by atoms with van der Waals surface area (Å²) in [6.45, 7) is 12.5. The highest BCUT2D eigenvalue weighted by Gasteiger charge is 2.64. The lowest BCUT2D eigenvalue weighted by Gasteiger charge is -2.43. The van der Waals surface area contributed by atoms with E-state index in [0.29, 0.717) is 24.4 Å². The van der Waals surface area contributed by atoms with Crippen molar-refractivity contribution in [1.82, 2.24) is 20.7 Å². The average Bonchev–Trinajstić information content (AvgIpc) is 3.46. The van der Waals surface area contributed by atoms with E-state index >= 15 is 0 Å². The minimum Gasteiger partial charge on any atom is -0.460 e. The van der Waals surface area contributed by atoms with E-state index in [2.05, 4.69) is 43.4 Å². The molecule has 226 valence electrons. The number of likely N-dealkylation sites (tertiary alicyclic amines) is 1. The lowest BCUT2D eigenvalue weighted by Crippen LogP contribution is -2.64. The molecule has 1 aromatic rings. The van der Waals surface area contributed by atoms with Gasteiger partial charge in [-0.1, -0.05) is 51.1 Å². The zero-order valence-corrected chi connectivity index (χ0v) is 26.6. The summed E-state index contributed by atoms with van der Waals surface area (Å²) < 4.78 is 12.9. The highest BCUT2D eigenvalue weighted by molar-refractivity contribution is 6.73. The van der Waals surface area contributed by atoms with Crippen LogP contribution in [0, 0.1) is 0 Å². The predicted molar refractivity (Wildman–Crippen MR) is 162 cm³/mol. The molecule has 0 unspecified atom stereocenters. The van der Waals surface area contributed by atoms with Crippen LogP contribution in [0.4, 0.5) is 5.69 Å². The van der Waals surface area contributed by atoms with Crippen LogP contribution in [0.15, 0.2) is 30.9 Å². The molecule has 0 spiro atoms. The van der Waals surface area contributed by atoms with E-state index in [1.54, 1.807) is 18.9 Å². The molecular formula is C29H44ClN5O5Si. The third-order valence-corrected chi connectivity index (χ3v) is 14.0. The summed E-state index contributed by atoms with van der Waals surface area (Å²) in [5.74, 6) is -1.08. The summed E-state index contributed by atoms with van der Waals surface area (Å²) >= 11 is 6.40. The van der Waals surface area contributed by atoms with Crippen LogP contribution in [0.5, 0.6) is 0 Å². The molecule has 5 atom stereocenters. The zero-order chi connectivity index (χ0) is 29.9. The molecule has 12 heteroatoms. The van der Waals surface area contributed by atoms with Crippen molar-refractivity contribution in [2.24, 2.45) is 0 Å². The normalized spacial score (nSPS) is 26.1. The fraction of sp³-hybridized carbons (Fsp3) is 0.621. The number of nitrogens with one attached hydrogen (secondary N) is 3. The number of hydrogen-bond acceptors (Lipinski definition) is 8. The van der Waals surface area contributed by atoms with E-state index < -0.39 is 44.2 Å². The molecule has 2 fully saturated rings. The maximum Gasteiger partial charge on any atom is 0.329 e. The molecule has 2 saturated heterocycles. The van der Waals surface area contributed by atoms with Gasteiger partial charge >= 0.3 is 5.97 Å². The van der Waals surface area contributed by atoms with Crippen molar-refractivity contribution >= 4 is 43.4 Å². The fourth-order valence-electron chi connectivity index (χ4n) is 6.42. The standard InChI is InChI=1S/C29H44ClN5O5Si/c1-7-16-39-27(38)24-18-29(40-41(8-2,9-3)10-4)21-14-13-20(30)17-22(21)33-28(29)34(24)26(37)23-12-11-15-32-35(23)25(36)19(5)31-6/h7,13-14,17,19,23-24,28,31-33H,1,8-12,15-16,18H2,2-6H3/t19-,23+,24-,28-,29+/m0/s1. The minimum absolute atomic E-state index is 0.0301. The van der Waals surface area contributed by atoms with E-state index in [1.165, 1.54) is 11.1 Å². The second-order valence-electron chi connectivity index (χ2n) is 11.1. The lowest BCUT2D eigenvalue weighted by atomic mass is 9.91. The number of rotatable bonds is 11. The zero-order valence-electron chi connectivity index (χ0n) is 24.8. The Hall–Kier alpha value is -2.44. The maximum atomic E-state index is 14.6. The largest absolute Gasteiger partial charge is 0.460 e. The number of hydrazine groups is 1. The number of carbonyl (C=O) groups excluding carboxylic acids is 3. The Kier molecular flexibility index (Phi) is 9.85. The molecular weight excluding hydrogens is 562 g/mol. The number of hydrogen-bond donors (Lipinski definition) is 3. The number of likely N-dealkylation sites (N-methyl/N-ethyl adjacent to an activating group) is 1. The first-order valence-electron chi connectivity index (χ1n) is 14.7. The first kappa shape index (κ1) is 31.5. The number of amides is 2. The monoisotopic (exact) mass is 605 g/mol. The van der Waals surface area contributed by atoms with Gasteiger partial charge in [0.25, 0.3) is 5.91 Å². The van der Waals surface area contributed by atoms with Crippen molar-refractivity contribution in [1.29, 1.82) is 0 Å². The Morgan fingerprint density at radius 2 is 1.95 bits per heavy atom. The van der Waals surface area contributed by atoms with Gasteiger partial charge in [0.1, 0.15) is 30.5 Å². The second-order valence-corrected chi connectivity index (χ2v) is 16.3. The summed E-state index contributed by atoms with van der Waals surface area (Å²) in [6, 6.07) is 6.09. The topological polar surface area (TPSA) is 112 Å². The highest BCUT2D eigenvalue weighted by atomic mass is 35.5. The number of ether oxygens (including phenoxy) is 1. The molecule has 4 rings (SSSR count). The van der Waals surface area contributed by atoms with Crippen molar-refractivity contribution in [2.45, 2.75) is 95.0 Å². The minimum atomic E-state index is -2.27. The molecule has 3 aliphatic rings. The molecule has 0 aliphatic carbocycles. The summed E-state index contributed by atoms with van der Waals surface area (Å²) in [4.78, 5) is 43.1. The summed E-state index contributed by atoms with van der Waals surface area (Å²) in [5.41, 5.74) is 3.82. The molecule has 3 heterocycles. The van der Waals surface area contributed by atoms with Crippen LogP contribution in [0.25, 0.3) is 0 Å². The van der Waals surface area contributed by atoms with Gasteiger partial charge in [0.15, 0.2) is 8.32 Å². The van der Waals surface area contributed by atoms with Crippen LogP contribution >= 0.6 is 11.6 Å². The van der Waals surface area contributed by atoms with Gasteiger partial charge in [0.2, 0.25) is 5.91 Å². The van der Waals surface area contributed by atoms with E-state index in [9.17, 15) is 14.4 Å². The first-order chi connectivity index (χ1) is 19.6. The molecule has 0 aromatic heterocycles. The predicted octanol–water partition coefficient (Wildman–Crippen LogP) is 3.74. The smallest absolute Gasteiger partial charge is 0.329 e. The third-order valence-electron chi connectivity index (χ3n) is 9.06. The van der Waals surface area contributed by atoms with Gasteiger partial charge < -0.3 is 24.7 Å². The molecule has 10 nitrogen and oxygen atoms in total. The number of anilines is 1. The van der Waals surface area contributed by atoms with Gasteiger partial charge in [-0.3, -0.25) is 14.6 Å². The molecule has 0 radical (unpaired) electrons. The van der Waals surface area contributed by atoms with E-state index in [0.717, 1.165) is 29.4 Å². The number of halogens is 1. The van der Waals surface area contributed by atoms with Crippen LogP contribution < -0.4 is 16.1 Å². The molecule has 0 saturated carbocycles. The van der Waals surface area contributed by atoms with Crippen molar-refractivity contribution in [3.8, 4) is 0 Å². The van der Waals surface area contributed by atoms with Crippen molar-refractivity contribution in [2.75, 3.05) is 25.5 Å². The Labute approximate surface area is 249 Å². The highest BCUT2D eigenvalue weighted by Crippen LogP contribution is 2.55. The Bertz CT molecular complexity index is 1160. The van der Waals surface area contributed by atoms with Crippen molar-refractivity contribution in [3.63, 3.8) is 0 Å². The number of nitrogens with zero attached hydrogens (tertiary/aromatic N) is 2. The number of fused-ring (bicyclic) bond motifs is 3. The summed E-state index contributed by atoms with van der Waals surface area (Å²) in [7, 11) is -0.563. The van der Waals surface area contributed by atoms with Crippen LogP contribution in [0.1, 0.15) is 52.5 Å². The summed E-state index contributed by atoms with van der Waals surface area (Å²) in [5, 5.41) is 8.48. The van der Waals surface area contributed by atoms with Gasteiger partial charge in [0, 0.05) is 29.2 Å². The molecule has 3 N–H and O–H groups in total.